The van der Waals surface area contributed by atoms with E-state index in [9.17, 15) is 0 Å². The van der Waals surface area contributed by atoms with Crippen molar-refractivity contribution in [2.45, 2.75) is 20.3 Å². The molecule has 0 radical (unpaired) electrons. The summed E-state index contributed by atoms with van der Waals surface area (Å²) in [7, 11) is 1.65. The number of benzene rings is 2. The van der Waals surface area contributed by atoms with Gasteiger partial charge in [0.25, 0.3) is 0 Å². The summed E-state index contributed by atoms with van der Waals surface area (Å²) in [5, 5.41) is 4.28. The minimum Gasteiger partial charge on any atom is -0.497 e. The number of nitrogens with one attached hydrogen (secondary N) is 1. The van der Waals surface area contributed by atoms with Gasteiger partial charge in [-0.2, -0.15) is 5.10 Å². The zero-order valence-electron chi connectivity index (χ0n) is 15.2. The minimum absolute atomic E-state index is 0.670. The summed E-state index contributed by atoms with van der Waals surface area (Å²) in [4.78, 5) is 8.89. The first-order valence-electron chi connectivity index (χ1n) is 8.47. The third-order valence-electron chi connectivity index (χ3n) is 3.94. The van der Waals surface area contributed by atoms with Gasteiger partial charge >= 0.3 is 0 Å². The second-order valence-electron chi connectivity index (χ2n) is 6.03. The highest BCUT2D eigenvalue weighted by Gasteiger charge is 2.04. The van der Waals surface area contributed by atoms with Crippen molar-refractivity contribution < 1.29 is 4.74 Å². The SMILES string of the molecule is COc1ccc(-c2cc(NN=CCc3ccc(C)cc3)nc(C)n2)cc1. The molecule has 0 aliphatic rings. The van der Waals surface area contributed by atoms with Crippen molar-refractivity contribution in [3.63, 3.8) is 0 Å². The van der Waals surface area contributed by atoms with E-state index in [-0.39, 0.29) is 0 Å². The number of ether oxygens (including phenoxy) is 1. The molecule has 0 saturated carbocycles. The van der Waals surface area contributed by atoms with Gasteiger partial charge in [-0.3, -0.25) is 5.43 Å². The molecule has 1 aromatic heterocycles. The number of hydrogen-bond acceptors (Lipinski definition) is 5. The Morgan fingerprint density at radius 2 is 1.73 bits per heavy atom. The van der Waals surface area contributed by atoms with Crippen LogP contribution in [0.1, 0.15) is 17.0 Å². The van der Waals surface area contributed by atoms with Gasteiger partial charge in [0, 0.05) is 24.3 Å². The molecule has 132 valence electrons. The molecule has 1 N–H and O–H groups in total. The fourth-order valence-electron chi connectivity index (χ4n) is 2.52. The maximum Gasteiger partial charge on any atom is 0.150 e. The molecule has 26 heavy (non-hydrogen) atoms. The molecule has 3 aromatic rings. The molecular weight excluding hydrogens is 324 g/mol. The first kappa shape index (κ1) is 17.6. The van der Waals surface area contributed by atoms with Gasteiger partial charge in [-0.25, -0.2) is 9.97 Å². The largest absolute Gasteiger partial charge is 0.497 e. The average molecular weight is 346 g/mol. The Morgan fingerprint density at radius 1 is 1.00 bits per heavy atom. The van der Waals surface area contributed by atoms with E-state index in [0.717, 1.165) is 23.4 Å². The Morgan fingerprint density at radius 3 is 2.42 bits per heavy atom. The van der Waals surface area contributed by atoms with Crippen molar-refractivity contribution in [2.75, 3.05) is 12.5 Å². The normalized spacial score (nSPS) is 10.9. The van der Waals surface area contributed by atoms with Crippen LogP contribution in [0.2, 0.25) is 0 Å². The van der Waals surface area contributed by atoms with E-state index in [2.05, 4.69) is 51.7 Å². The highest BCUT2D eigenvalue weighted by molar-refractivity contribution is 5.65. The van der Waals surface area contributed by atoms with Crippen LogP contribution in [0, 0.1) is 13.8 Å². The summed E-state index contributed by atoms with van der Waals surface area (Å²) in [6.07, 6.45) is 2.61. The first-order valence-corrected chi connectivity index (χ1v) is 8.47. The van der Waals surface area contributed by atoms with E-state index in [1.54, 1.807) is 7.11 Å². The number of hydrazone groups is 1. The van der Waals surface area contributed by atoms with E-state index in [4.69, 9.17) is 4.74 Å². The van der Waals surface area contributed by atoms with Gasteiger partial charge in [0.15, 0.2) is 0 Å². The van der Waals surface area contributed by atoms with Crippen LogP contribution in [-0.4, -0.2) is 23.3 Å². The van der Waals surface area contributed by atoms with Crippen LogP contribution < -0.4 is 10.2 Å². The summed E-state index contributed by atoms with van der Waals surface area (Å²) in [6.45, 7) is 3.95. The summed E-state index contributed by atoms with van der Waals surface area (Å²) in [6, 6.07) is 18.1. The molecule has 3 rings (SSSR count). The molecule has 5 nitrogen and oxygen atoms in total. The number of hydrogen-bond donors (Lipinski definition) is 1. The number of methoxy groups -OCH3 is 1. The van der Waals surface area contributed by atoms with Gasteiger partial charge in [0.2, 0.25) is 0 Å². The van der Waals surface area contributed by atoms with Crippen LogP contribution in [0.3, 0.4) is 0 Å². The monoisotopic (exact) mass is 346 g/mol. The van der Waals surface area contributed by atoms with Gasteiger partial charge in [-0.05, 0) is 43.7 Å². The molecule has 0 saturated heterocycles. The van der Waals surface area contributed by atoms with Crippen LogP contribution in [0.25, 0.3) is 11.3 Å². The maximum absolute atomic E-state index is 5.20. The minimum atomic E-state index is 0.670. The number of aromatic nitrogens is 2. The van der Waals surface area contributed by atoms with Crippen molar-refractivity contribution in [1.82, 2.24) is 9.97 Å². The molecule has 0 bridgehead atoms. The molecule has 5 heteroatoms. The number of rotatable bonds is 6. The summed E-state index contributed by atoms with van der Waals surface area (Å²) in [5.74, 6) is 2.18. The van der Waals surface area contributed by atoms with E-state index in [0.29, 0.717) is 11.6 Å². The van der Waals surface area contributed by atoms with Crippen LogP contribution in [0.15, 0.2) is 59.7 Å². The van der Waals surface area contributed by atoms with Gasteiger partial charge in [-0.1, -0.05) is 29.8 Å². The average Bonchev–Trinajstić information content (AvgIpc) is 2.66. The van der Waals surface area contributed by atoms with Crippen molar-refractivity contribution >= 4 is 12.0 Å². The molecule has 1 heterocycles. The first-order chi connectivity index (χ1) is 12.6. The Kier molecular flexibility index (Phi) is 5.59. The zero-order valence-corrected chi connectivity index (χ0v) is 15.2. The Bertz CT molecular complexity index is 887. The van der Waals surface area contributed by atoms with E-state index < -0.39 is 0 Å². The molecule has 0 fully saturated rings. The van der Waals surface area contributed by atoms with Crippen molar-refractivity contribution in [3.8, 4) is 17.0 Å². The molecule has 0 aliphatic heterocycles. The third kappa shape index (κ3) is 4.66. The topological polar surface area (TPSA) is 59.4 Å². The lowest BCUT2D eigenvalue weighted by Gasteiger charge is -2.07. The number of anilines is 1. The lowest BCUT2D eigenvalue weighted by atomic mass is 10.1. The second kappa shape index (κ2) is 8.25. The van der Waals surface area contributed by atoms with E-state index in [1.165, 1.54) is 11.1 Å². The second-order valence-corrected chi connectivity index (χ2v) is 6.03. The Hall–Kier alpha value is -3.21. The quantitative estimate of drug-likeness (QED) is 0.530. The van der Waals surface area contributed by atoms with Gasteiger partial charge in [-0.15, -0.1) is 0 Å². The molecule has 0 unspecified atom stereocenters. The van der Waals surface area contributed by atoms with Crippen LogP contribution in [0.5, 0.6) is 5.75 Å². The summed E-state index contributed by atoms with van der Waals surface area (Å²) in [5.41, 5.74) is 7.32. The Balaban J connectivity index is 1.68. The van der Waals surface area contributed by atoms with E-state index >= 15 is 0 Å². The van der Waals surface area contributed by atoms with Gasteiger partial charge in [0.1, 0.15) is 17.4 Å². The molecule has 0 aliphatic carbocycles. The van der Waals surface area contributed by atoms with Crippen LogP contribution in [0.4, 0.5) is 5.82 Å². The molecular formula is C21H22N4O. The highest BCUT2D eigenvalue weighted by atomic mass is 16.5. The number of aryl methyl sites for hydroxylation is 2. The summed E-state index contributed by atoms with van der Waals surface area (Å²) >= 11 is 0. The van der Waals surface area contributed by atoms with Gasteiger partial charge < -0.3 is 4.74 Å². The van der Waals surface area contributed by atoms with Crippen molar-refractivity contribution in [2.24, 2.45) is 5.10 Å². The lowest BCUT2D eigenvalue weighted by molar-refractivity contribution is 0.415. The van der Waals surface area contributed by atoms with Gasteiger partial charge in [0.05, 0.1) is 12.8 Å². The lowest BCUT2D eigenvalue weighted by Crippen LogP contribution is -1.99. The molecule has 0 atom stereocenters. The Labute approximate surface area is 153 Å². The maximum atomic E-state index is 5.20. The number of nitrogens with zero attached hydrogens (tertiary/aromatic N) is 3. The van der Waals surface area contributed by atoms with Crippen LogP contribution in [-0.2, 0) is 6.42 Å². The fraction of sp³-hybridized carbons (Fsp3) is 0.190. The standard InChI is InChI=1S/C21H22N4O/c1-15-4-6-17(7-5-15)12-13-22-25-21-14-20(23-16(2)24-21)18-8-10-19(26-3)11-9-18/h4-11,13-14H,12H2,1-3H3,(H,23,24,25). The predicted molar refractivity (Wildman–Crippen MR) is 106 cm³/mol. The molecule has 2 aromatic carbocycles. The molecule has 0 amide bonds. The van der Waals surface area contributed by atoms with Crippen molar-refractivity contribution in [3.05, 3.63) is 71.5 Å². The van der Waals surface area contributed by atoms with Crippen molar-refractivity contribution in [1.29, 1.82) is 0 Å². The van der Waals surface area contributed by atoms with Crippen LogP contribution >= 0.6 is 0 Å². The summed E-state index contributed by atoms with van der Waals surface area (Å²) < 4.78 is 5.20. The fourth-order valence-corrected chi connectivity index (χ4v) is 2.52. The highest BCUT2D eigenvalue weighted by Crippen LogP contribution is 2.22. The predicted octanol–water partition coefficient (Wildman–Crippen LogP) is 4.41. The smallest absolute Gasteiger partial charge is 0.150 e. The van der Waals surface area contributed by atoms with E-state index in [1.807, 2.05) is 43.5 Å². The molecule has 0 spiro atoms. The third-order valence-corrected chi connectivity index (χ3v) is 3.94. The zero-order chi connectivity index (χ0) is 18.4.